The number of nitrogens with zero attached hydrogens (tertiary/aromatic N) is 3. The standard InChI is InChI=1S/C22H30N4O4/c1-3-23-22(24-15-18(27)16-30-19-7-4-6-17(2)14-19)26-11-9-25(10-12-26)21(28)20-8-5-13-29-20/h4-8,13-14,18,27H,3,9-12,15-16H2,1-2H3,(H,23,24). The topological polar surface area (TPSA) is 90.5 Å². The number of ether oxygens (including phenoxy) is 1. The minimum atomic E-state index is -0.707. The summed E-state index contributed by atoms with van der Waals surface area (Å²) in [7, 11) is 0. The maximum Gasteiger partial charge on any atom is 0.289 e. The molecule has 8 heteroatoms. The average Bonchev–Trinajstić information content (AvgIpc) is 3.30. The summed E-state index contributed by atoms with van der Waals surface area (Å²) in [6, 6.07) is 11.1. The molecule has 1 amide bonds. The molecule has 0 radical (unpaired) electrons. The van der Waals surface area contributed by atoms with Crippen LogP contribution in [0.1, 0.15) is 23.0 Å². The van der Waals surface area contributed by atoms with Crippen LogP contribution in [0.2, 0.25) is 0 Å². The van der Waals surface area contributed by atoms with E-state index in [1.54, 1.807) is 17.0 Å². The largest absolute Gasteiger partial charge is 0.491 e. The van der Waals surface area contributed by atoms with Crippen molar-refractivity contribution < 1.29 is 19.1 Å². The molecule has 1 aromatic heterocycles. The molecule has 1 aromatic carbocycles. The molecule has 3 rings (SSSR count). The lowest BCUT2D eigenvalue weighted by Crippen LogP contribution is -2.54. The number of hydrogen-bond donors (Lipinski definition) is 2. The Balaban J connectivity index is 1.49. The third-order valence-corrected chi connectivity index (χ3v) is 4.82. The third-order valence-electron chi connectivity index (χ3n) is 4.82. The second-order valence-corrected chi connectivity index (χ2v) is 7.23. The van der Waals surface area contributed by atoms with Crippen LogP contribution in [0.25, 0.3) is 0 Å². The summed E-state index contributed by atoms with van der Waals surface area (Å²) in [5.41, 5.74) is 1.11. The minimum absolute atomic E-state index is 0.0923. The van der Waals surface area contributed by atoms with Crippen LogP contribution in [0.15, 0.2) is 52.1 Å². The van der Waals surface area contributed by atoms with Gasteiger partial charge in [-0.05, 0) is 43.7 Å². The predicted octanol–water partition coefficient (Wildman–Crippen LogP) is 1.75. The number of guanidine groups is 1. The number of nitrogens with one attached hydrogen (secondary N) is 1. The fraction of sp³-hybridized carbons (Fsp3) is 0.455. The van der Waals surface area contributed by atoms with Gasteiger partial charge in [0.25, 0.3) is 5.91 Å². The van der Waals surface area contributed by atoms with E-state index in [2.05, 4.69) is 15.2 Å². The Morgan fingerprint density at radius 1 is 1.23 bits per heavy atom. The fourth-order valence-corrected chi connectivity index (χ4v) is 3.25. The lowest BCUT2D eigenvalue weighted by atomic mass is 10.2. The summed E-state index contributed by atoms with van der Waals surface area (Å²) >= 11 is 0. The van der Waals surface area contributed by atoms with Crippen molar-refractivity contribution in [1.82, 2.24) is 15.1 Å². The molecule has 1 fully saturated rings. The van der Waals surface area contributed by atoms with Gasteiger partial charge in [0.2, 0.25) is 0 Å². The van der Waals surface area contributed by atoms with Crippen molar-refractivity contribution in [3.05, 3.63) is 54.0 Å². The van der Waals surface area contributed by atoms with E-state index in [1.807, 2.05) is 38.1 Å². The van der Waals surface area contributed by atoms with Crippen molar-refractivity contribution >= 4 is 11.9 Å². The number of piperazine rings is 1. The molecule has 1 aliphatic heterocycles. The number of furan rings is 1. The first kappa shape index (κ1) is 21.7. The SMILES string of the molecule is CCNC(=NCC(O)COc1cccc(C)c1)N1CCN(C(=O)c2ccco2)CC1. The lowest BCUT2D eigenvalue weighted by Gasteiger charge is -2.36. The minimum Gasteiger partial charge on any atom is -0.491 e. The number of rotatable bonds is 7. The molecular formula is C22H30N4O4. The highest BCUT2D eigenvalue weighted by atomic mass is 16.5. The van der Waals surface area contributed by atoms with E-state index in [1.165, 1.54) is 6.26 Å². The number of amides is 1. The first-order chi connectivity index (χ1) is 14.6. The quantitative estimate of drug-likeness (QED) is 0.530. The van der Waals surface area contributed by atoms with Crippen LogP contribution >= 0.6 is 0 Å². The predicted molar refractivity (Wildman–Crippen MR) is 115 cm³/mol. The summed E-state index contributed by atoms with van der Waals surface area (Å²) in [5.74, 6) is 1.74. The number of aliphatic hydroxyl groups excluding tert-OH is 1. The van der Waals surface area contributed by atoms with Gasteiger partial charge in [0.05, 0.1) is 12.8 Å². The molecular weight excluding hydrogens is 384 g/mol. The van der Waals surface area contributed by atoms with E-state index in [4.69, 9.17) is 9.15 Å². The van der Waals surface area contributed by atoms with Gasteiger partial charge in [-0.25, -0.2) is 0 Å². The zero-order valence-corrected chi connectivity index (χ0v) is 17.6. The second-order valence-electron chi connectivity index (χ2n) is 7.23. The van der Waals surface area contributed by atoms with Crippen molar-refractivity contribution in [1.29, 1.82) is 0 Å². The molecule has 1 atom stereocenters. The Labute approximate surface area is 177 Å². The fourth-order valence-electron chi connectivity index (χ4n) is 3.25. The van der Waals surface area contributed by atoms with Gasteiger partial charge in [-0.15, -0.1) is 0 Å². The molecule has 0 saturated carbocycles. The Morgan fingerprint density at radius 3 is 2.67 bits per heavy atom. The summed E-state index contributed by atoms with van der Waals surface area (Å²) in [6.45, 7) is 7.63. The molecule has 8 nitrogen and oxygen atoms in total. The van der Waals surface area contributed by atoms with E-state index in [0.29, 0.717) is 31.9 Å². The van der Waals surface area contributed by atoms with Gasteiger partial charge in [-0.1, -0.05) is 12.1 Å². The van der Waals surface area contributed by atoms with Crippen molar-refractivity contribution in [2.75, 3.05) is 45.9 Å². The van der Waals surface area contributed by atoms with Gasteiger partial charge in [0.15, 0.2) is 11.7 Å². The zero-order valence-electron chi connectivity index (χ0n) is 17.6. The van der Waals surface area contributed by atoms with Crippen LogP contribution in [0.3, 0.4) is 0 Å². The Morgan fingerprint density at radius 2 is 2.00 bits per heavy atom. The van der Waals surface area contributed by atoms with Crippen LogP contribution in [-0.4, -0.2) is 78.8 Å². The van der Waals surface area contributed by atoms with Crippen LogP contribution in [0.4, 0.5) is 0 Å². The van der Waals surface area contributed by atoms with Crippen LogP contribution in [0.5, 0.6) is 5.75 Å². The normalized spacial score (nSPS) is 15.8. The first-order valence-corrected chi connectivity index (χ1v) is 10.3. The maximum atomic E-state index is 12.4. The maximum absolute atomic E-state index is 12.4. The second kappa shape index (κ2) is 10.7. The Bertz CT molecular complexity index is 829. The van der Waals surface area contributed by atoms with E-state index < -0.39 is 6.10 Å². The van der Waals surface area contributed by atoms with Gasteiger partial charge in [0.1, 0.15) is 18.5 Å². The molecule has 1 saturated heterocycles. The number of carbonyl (C=O) groups excluding carboxylic acids is 1. The number of carbonyl (C=O) groups is 1. The summed E-state index contributed by atoms with van der Waals surface area (Å²) in [6.07, 6.45) is 0.800. The third kappa shape index (κ3) is 6.00. The average molecular weight is 415 g/mol. The highest BCUT2D eigenvalue weighted by molar-refractivity contribution is 5.91. The molecule has 2 aromatic rings. The molecule has 0 bridgehead atoms. The molecule has 2 heterocycles. The van der Waals surface area contributed by atoms with E-state index in [0.717, 1.165) is 23.8 Å². The van der Waals surface area contributed by atoms with Crippen LogP contribution in [0, 0.1) is 6.92 Å². The number of aliphatic hydroxyl groups is 1. The lowest BCUT2D eigenvalue weighted by molar-refractivity contribution is 0.0657. The van der Waals surface area contributed by atoms with Crippen molar-refractivity contribution in [2.45, 2.75) is 20.0 Å². The smallest absolute Gasteiger partial charge is 0.289 e. The highest BCUT2D eigenvalue weighted by Crippen LogP contribution is 2.13. The van der Waals surface area contributed by atoms with Crippen LogP contribution < -0.4 is 10.1 Å². The number of hydrogen-bond acceptors (Lipinski definition) is 5. The van der Waals surface area contributed by atoms with Gasteiger partial charge in [-0.2, -0.15) is 0 Å². The van der Waals surface area contributed by atoms with E-state index in [9.17, 15) is 9.90 Å². The van der Waals surface area contributed by atoms with Crippen molar-refractivity contribution in [2.24, 2.45) is 4.99 Å². The van der Waals surface area contributed by atoms with E-state index in [-0.39, 0.29) is 19.1 Å². The molecule has 30 heavy (non-hydrogen) atoms. The van der Waals surface area contributed by atoms with Gasteiger partial charge < -0.3 is 29.4 Å². The first-order valence-electron chi connectivity index (χ1n) is 10.3. The zero-order chi connectivity index (χ0) is 21.3. The monoisotopic (exact) mass is 414 g/mol. The Kier molecular flexibility index (Phi) is 7.73. The summed E-state index contributed by atoms with van der Waals surface area (Å²) < 4.78 is 10.9. The van der Waals surface area contributed by atoms with Gasteiger partial charge in [-0.3, -0.25) is 9.79 Å². The van der Waals surface area contributed by atoms with E-state index >= 15 is 0 Å². The van der Waals surface area contributed by atoms with Crippen LogP contribution in [-0.2, 0) is 0 Å². The van der Waals surface area contributed by atoms with Gasteiger partial charge >= 0.3 is 0 Å². The van der Waals surface area contributed by atoms with Crippen molar-refractivity contribution in [3.63, 3.8) is 0 Å². The van der Waals surface area contributed by atoms with Gasteiger partial charge in [0, 0.05) is 32.7 Å². The number of aliphatic imine (C=N–C) groups is 1. The van der Waals surface area contributed by atoms with Crippen molar-refractivity contribution in [3.8, 4) is 5.75 Å². The number of aryl methyl sites for hydroxylation is 1. The summed E-state index contributed by atoms with van der Waals surface area (Å²) in [5, 5.41) is 13.5. The molecule has 1 aliphatic rings. The Hall–Kier alpha value is -3.00. The summed E-state index contributed by atoms with van der Waals surface area (Å²) in [4.78, 5) is 20.9. The molecule has 0 spiro atoms. The number of benzene rings is 1. The molecule has 0 aliphatic carbocycles. The highest BCUT2D eigenvalue weighted by Gasteiger charge is 2.25. The molecule has 162 valence electrons. The molecule has 1 unspecified atom stereocenters. The molecule has 2 N–H and O–H groups in total.